The van der Waals surface area contributed by atoms with Crippen LogP contribution in [0.2, 0.25) is 0 Å². The van der Waals surface area contributed by atoms with Crippen LogP contribution in [0.4, 0.5) is 5.69 Å². The van der Waals surface area contributed by atoms with Crippen LogP contribution in [-0.4, -0.2) is 67.4 Å². The summed E-state index contributed by atoms with van der Waals surface area (Å²) < 4.78 is 0. The van der Waals surface area contributed by atoms with Crippen LogP contribution in [0.5, 0.6) is 0 Å². The first-order valence-electron chi connectivity index (χ1n) is 9.53. The molecular formula is C20H32Cl2N4O2. The fourth-order valence-electron chi connectivity index (χ4n) is 3.67. The van der Waals surface area contributed by atoms with E-state index in [0.717, 1.165) is 43.0 Å². The fourth-order valence-corrected chi connectivity index (χ4v) is 3.67. The Balaban J connectivity index is 0.00000196. The van der Waals surface area contributed by atoms with Gasteiger partial charge in [-0.25, -0.2) is 0 Å². The third-order valence-corrected chi connectivity index (χ3v) is 5.71. The molecule has 0 saturated carbocycles. The molecule has 0 spiro atoms. The van der Waals surface area contributed by atoms with Crippen LogP contribution < -0.4 is 10.6 Å². The first-order chi connectivity index (χ1) is 12.5. The van der Waals surface area contributed by atoms with Gasteiger partial charge < -0.3 is 15.5 Å². The molecular weight excluding hydrogens is 399 g/mol. The highest BCUT2D eigenvalue weighted by molar-refractivity contribution is 5.93. The molecule has 2 amide bonds. The zero-order chi connectivity index (χ0) is 18.7. The van der Waals surface area contributed by atoms with Crippen molar-refractivity contribution in [1.29, 1.82) is 0 Å². The number of carbonyl (C=O) groups is 2. The predicted molar refractivity (Wildman–Crippen MR) is 118 cm³/mol. The summed E-state index contributed by atoms with van der Waals surface area (Å²) in [5, 5.41) is 6.27. The molecule has 3 rings (SSSR count). The van der Waals surface area contributed by atoms with Crippen molar-refractivity contribution in [3.8, 4) is 0 Å². The summed E-state index contributed by atoms with van der Waals surface area (Å²) in [7, 11) is 0. The molecule has 0 aliphatic carbocycles. The molecule has 2 heterocycles. The van der Waals surface area contributed by atoms with Gasteiger partial charge in [-0.05, 0) is 44.0 Å². The third kappa shape index (κ3) is 5.83. The molecule has 2 aliphatic rings. The Morgan fingerprint density at radius 3 is 2.18 bits per heavy atom. The lowest BCUT2D eigenvalue weighted by Crippen LogP contribution is -2.55. The monoisotopic (exact) mass is 430 g/mol. The van der Waals surface area contributed by atoms with Gasteiger partial charge in [0.1, 0.15) is 0 Å². The van der Waals surface area contributed by atoms with Crippen LogP contribution in [0.1, 0.15) is 18.1 Å². The lowest BCUT2D eigenvalue weighted by atomic mass is 9.88. The van der Waals surface area contributed by atoms with Gasteiger partial charge in [-0.3, -0.25) is 14.5 Å². The first kappa shape index (κ1) is 24.7. The number of anilines is 1. The molecule has 158 valence electrons. The quantitative estimate of drug-likeness (QED) is 0.750. The number of para-hydroxylation sites is 1. The summed E-state index contributed by atoms with van der Waals surface area (Å²) in [5.74, 6) is 0.839. The van der Waals surface area contributed by atoms with Crippen molar-refractivity contribution in [1.82, 2.24) is 15.1 Å². The van der Waals surface area contributed by atoms with Gasteiger partial charge in [0.05, 0.1) is 6.54 Å². The van der Waals surface area contributed by atoms with Gasteiger partial charge in [0.2, 0.25) is 11.8 Å². The molecule has 0 radical (unpaired) electrons. The number of carbonyl (C=O) groups excluding carboxylic acids is 2. The van der Waals surface area contributed by atoms with Crippen LogP contribution in [-0.2, 0) is 9.59 Å². The number of halogens is 2. The number of hydrogen-bond donors (Lipinski definition) is 2. The average Bonchev–Trinajstić information content (AvgIpc) is 2.57. The molecule has 0 aromatic heterocycles. The van der Waals surface area contributed by atoms with E-state index in [0.29, 0.717) is 25.6 Å². The van der Waals surface area contributed by atoms with Crippen molar-refractivity contribution in [3.05, 3.63) is 29.3 Å². The zero-order valence-corrected chi connectivity index (χ0v) is 18.5. The lowest BCUT2D eigenvalue weighted by Gasteiger charge is -2.39. The van der Waals surface area contributed by atoms with Gasteiger partial charge in [-0.15, -0.1) is 24.8 Å². The van der Waals surface area contributed by atoms with E-state index in [1.54, 1.807) is 0 Å². The minimum absolute atomic E-state index is 0. The van der Waals surface area contributed by atoms with Gasteiger partial charge in [0.25, 0.3) is 0 Å². The number of benzene rings is 1. The molecule has 1 aromatic rings. The third-order valence-electron chi connectivity index (χ3n) is 5.71. The number of aryl methyl sites for hydroxylation is 2. The Bertz CT molecular complexity index is 654. The molecule has 1 unspecified atom stereocenters. The van der Waals surface area contributed by atoms with Crippen LogP contribution in [0.3, 0.4) is 0 Å². The van der Waals surface area contributed by atoms with E-state index in [9.17, 15) is 9.59 Å². The van der Waals surface area contributed by atoms with Crippen LogP contribution in [0.15, 0.2) is 18.2 Å². The maximum atomic E-state index is 12.6. The second kappa shape index (κ2) is 11.0. The van der Waals surface area contributed by atoms with Gasteiger partial charge in [0, 0.05) is 37.8 Å². The summed E-state index contributed by atoms with van der Waals surface area (Å²) >= 11 is 0. The van der Waals surface area contributed by atoms with Crippen LogP contribution in [0, 0.1) is 25.7 Å². The number of nitrogens with zero attached hydrogens (tertiary/aromatic N) is 2. The summed E-state index contributed by atoms with van der Waals surface area (Å²) in [5.41, 5.74) is 3.07. The average molecular weight is 431 g/mol. The van der Waals surface area contributed by atoms with E-state index in [2.05, 4.69) is 15.5 Å². The topological polar surface area (TPSA) is 64.7 Å². The van der Waals surface area contributed by atoms with Crippen LogP contribution in [0.25, 0.3) is 0 Å². The first-order valence-corrected chi connectivity index (χ1v) is 9.53. The van der Waals surface area contributed by atoms with Crippen molar-refractivity contribution < 1.29 is 9.59 Å². The SMILES string of the molecule is Cc1cccc(C)c1NC(=O)CN1CCN(C(=O)C(C)C2CNC2)CC1.Cl.Cl. The molecule has 2 saturated heterocycles. The molecule has 2 aliphatic heterocycles. The van der Waals surface area contributed by atoms with Crippen molar-refractivity contribution >= 4 is 42.3 Å². The van der Waals surface area contributed by atoms with E-state index < -0.39 is 0 Å². The second-order valence-corrected chi connectivity index (χ2v) is 7.62. The van der Waals surface area contributed by atoms with Gasteiger partial charge in [-0.2, -0.15) is 0 Å². The lowest BCUT2D eigenvalue weighted by molar-refractivity contribution is -0.139. The minimum Gasteiger partial charge on any atom is -0.340 e. The highest BCUT2D eigenvalue weighted by atomic mass is 35.5. The standard InChI is InChI=1S/C20H30N4O2.2ClH/c1-14-5-4-6-15(2)19(14)22-18(25)13-23-7-9-24(10-8-23)20(26)16(3)17-11-21-12-17;;/h4-6,16-17,21H,7-13H2,1-3H3,(H,22,25);2*1H. The molecule has 1 atom stereocenters. The largest absolute Gasteiger partial charge is 0.340 e. The van der Waals surface area contributed by atoms with Crippen molar-refractivity contribution in [2.24, 2.45) is 11.8 Å². The number of amides is 2. The zero-order valence-electron chi connectivity index (χ0n) is 16.9. The van der Waals surface area contributed by atoms with E-state index >= 15 is 0 Å². The molecule has 1 aromatic carbocycles. The fraction of sp³-hybridized carbons (Fsp3) is 0.600. The molecule has 2 N–H and O–H groups in total. The molecule has 6 nitrogen and oxygen atoms in total. The van der Waals surface area contributed by atoms with Gasteiger partial charge in [-0.1, -0.05) is 25.1 Å². The van der Waals surface area contributed by atoms with Crippen molar-refractivity contribution in [3.63, 3.8) is 0 Å². The minimum atomic E-state index is 0. The van der Waals surface area contributed by atoms with Crippen molar-refractivity contribution in [2.45, 2.75) is 20.8 Å². The van der Waals surface area contributed by atoms with Gasteiger partial charge in [0.15, 0.2) is 0 Å². The summed E-state index contributed by atoms with van der Waals surface area (Å²) in [6.45, 7) is 11.2. The summed E-state index contributed by atoms with van der Waals surface area (Å²) in [6, 6.07) is 6.01. The Morgan fingerprint density at radius 2 is 1.68 bits per heavy atom. The Morgan fingerprint density at radius 1 is 1.11 bits per heavy atom. The smallest absolute Gasteiger partial charge is 0.238 e. The number of nitrogens with one attached hydrogen (secondary N) is 2. The van der Waals surface area contributed by atoms with Crippen LogP contribution >= 0.6 is 24.8 Å². The Kier molecular flexibility index (Phi) is 9.70. The maximum Gasteiger partial charge on any atom is 0.238 e. The number of hydrogen-bond acceptors (Lipinski definition) is 4. The van der Waals surface area contributed by atoms with E-state index in [1.165, 1.54) is 0 Å². The molecule has 8 heteroatoms. The van der Waals surface area contributed by atoms with Gasteiger partial charge >= 0.3 is 0 Å². The number of piperazine rings is 1. The molecule has 2 fully saturated rings. The second-order valence-electron chi connectivity index (χ2n) is 7.62. The predicted octanol–water partition coefficient (Wildman–Crippen LogP) is 2.09. The van der Waals surface area contributed by atoms with E-state index in [1.807, 2.05) is 43.9 Å². The van der Waals surface area contributed by atoms with Crippen molar-refractivity contribution in [2.75, 3.05) is 51.1 Å². The highest BCUT2D eigenvalue weighted by Crippen LogP contribution is 2.20. The van der Waals surface area contributed by atoms with E-state index in [-0.39, 0.29) is 42.5 Å². The molecule has 0 bridgehead atoms. The van der Waals surface area contributed by atoms with E-state index in [4.69, 9.17) is 0 Å². The Hall–Kier alpha value is -1.34. The highest BCUT2D eigenvalue weighted by Gasteiger charge is 2.33. The maximum absolute atomic E-state index is 12.6. The Labute approximate surface area is 180 Å². The summed E-state index contributed by atoms with van der Waals surface area (Å²) in [4.78, 5) is 29.1. The summed E-state index contributed by atoms with van der Waals surface area (Å²) in [6.07, 6.45) is 0. The normalized spacial score (nSPS) is 18.3. The number of rotatable bonds is 5. The molecule has 28 heavy (non-hydrogen) atoms.